The minimum absolute atomic E-state index is 0.197. The van der Waals surface area contributed by atoms with Crippen LogP contribution in [0.15, 0.2) is 23.0 Å². The van der Waals surface area contributed by atoms with Gasteiger partial charge in [0.05, 0.1) is 15.9 Å². The lowest BCUT2D eigenvalue weighted by atomic mass is 10.1. The van der Waals surface area contributed by atoms with Crippen LogP contribution in [0.25, 0.3) is 10.9 Å². The summed E-state index contributed by atoms with van der Waals surface area (Å²) in [4.78, 5) is 40.2. The number of carbonyl (C=O) groups is 2. The second-order valence-corrected chi connectivity index (χ2v) is 5.34. The van der Waals surface area contributed by atoms with E-state index in [1.807, 2.05) is 0 Å². The molecule has 0 aliphatic carbocycles. The fraction of sp³-hybridized carbons (Fsp3) is 0.286. The molecule has 1 aliphatic rings. The first-order valence-corrected chi connectivity index (χ1v) is 6.88. The van der Waals surface area contributed by atoms with Crippen molar-refractivity contribution in [1.29, 1.82) is 0 Å². The van der Waals surface area contributed by atoms with E-state index in [4.69, 9.17) is 11.6 Å². The van der Waals surface area contributed by atoms with E-state index in [0.29, 0.717) is 16.4 Å². The predicted molar refractivity (Wildman–Crippen MR) is 77.2 cm³/mol. The van der Waals surface area contributed by atoms with Crippen molar-refractivity contribution in [2.75, 3.05) is 0 Å². The molecule has 21 heavy (non-hydrogen) atoms. The van der Waals surface area contributed by atoms with Crippen molar-refractivity contribution in [1.82, 2.24) is 14.9 Å². The molecule has 1 atom stereocenters. The largest absolute Gasteiger partial charge is 0.295 e. The normalized spacial score (nSPS) is 18.9. The van der Waals surface area contributed by atoms with Gasteiger partial charge >= 0.3 is 0 Å². The van der Waals surface area contributed by atoms with Crippen molar-refractivity contribution in [2.24, 2.45) is 0 Å². The molecule has 1 aliphatic heterocycles. The van der Waals surface area contributed by atoms with Crippen molar-refractivity contribution in [3.63, 3.8) is 0 Å². The first kappa shape index (κ1) is 13.8. The third-order valence-electron chi connectivity index (χ3n) is 3.58. The number of aromatic nitrogens is 2. The Morgan fingerprint density at radius 2 is 2.10 bits per heavy atom. The highest BCUT2D eigenvalue weighted by atomic mass is 35.5. The maximum atomic E-state index is 12.7. The Labute approximate surface area is 124 Å². The van der Waals surface area contributed by atoms with Gasteiger partial charge in [0.15, 0.2) is 0 Å². The molecule has 108 valence electrons. The molecule has 0 saturated carbocycles. The van der Waals surface area contributed by atoms with E-state index in [-0.39, 0.29) is 29.7 Å². The average Bonchev–Trinajstić information content (AvgIpc) is 2.40. The lowest BCUT2D eigenvalue weighted by Gasteiger charge is -2.24. The first-order chi connectivity index (χ1) is 9.99. The summed E-state index contributed by atoms with van der Waals surface area (Å²) >= 11 is 6.08. The maximum absolute atomic E-state index is 12.7. The number of hydrogen-bond acceptors (Lipinski definition) is 4. The van der Waals surface area contributed by atoms with E-state index in [0.717, 1.165) is 0 Å². The molecule has 1 aromatic heterocycles. The number of halogens is 1. The second-order valence-electron chi connectivity index (χ2n) is 4.94. The Kier molecular flexibility index (Phi) is 3.25. The Morgan fingerprint density at radius 3 is 2.81 bits per heavy atom. The summed E-state index contributed by atoms with van der Waals surface area (Å²) in [6, 6.07) is 4.29. The fourth-order valence-corrected chi connectivity index (χ4v) is 2.86. The minimum Gasteiger partial charge on any atom is -0.295 e. The minimum atomic E-state index is -0.733. The van der Waals surface area contributed by atoms with Gasteiger partial charge in [-0.3, -0.25) is 24.3 Å². The number of nitrogens with one attached hydrogen (secondary N) is 1. The molecule has 1 aromatic carbocycles. The zero-order valence-corrected chi connectivity index (χ0v) is 12.0. The fourth-order valence-electron chi connectivity index (χ4n) is 2.61. The van der Waals surface area contributed by atoms with E-state index >= 15 is 0 Å². The van der Waals surface area contributed by atoms with Gasteiger partial charge in [0.2, 0.25) is 11.8 Å². The Morgan fingerprint density at radius 1 is 1.33 bits per heavy atom. The molecule has 2 amide bonds. The molecule has 0 spiro atoms. The number of nitrogens with zero attached hydrogens (tertiary/aromatic N) is 2. The SMILES string of the molecule is Cc1nc2cccc(Cl)c2c(=O)n1[C@@H]1CCC(=O)NC1=O. The lowest BCUT2D eigenvalue weighted by Crippen LogP contribution is -2.45. The van der Waals surface area contributed by atoms with Gasteiger partial charge < -0.3 is 0 Å². The van der Waals surface area contributed by atoms with Crippen LogP contribution < -0.4 is 10.9 Å². The Balaban J connectivity index is 2.24. The van der Waals surface area contributed by atoms with Crippen LogP contribution >= 0.6 is 11.6 Å². The molecule has 6 nitrogen and oxygen atoms in total. The molecule has 0 radical (unpaired) electrons. The molecular weight excluding hydrogens is 294 g/mol. The standard InChI is InChI=1S/C14H12ClN3O3/c1-7-16-9-4-2-3-8(15)12(9)14(21)18(7)10-5-6-11(19)17-13(10)20/h2-4,10H,5-6H2,1H3,(H,17,19,20)/t10-/m1/s1. The summed E-state index contributed by atoms with van der Waals surface area (Å²) in [5, 5.41) is 2.83. The van der Waals surface area contributed by atoms with E-state index in [9.17, 15) is 14.4 Å². The molecule has 1 N–H and O–H groups in total. The van der Waals surface area contributed by atoms with Crippen molar-refractivity contribution < 1.29 is 9.59 Å². The van der Waals surface area contributed by atoms with Gasteiger partial charge in [-0.1, -0.05) is 17.7 Å². The topological polar surface area (TPSA) is 81.1 Å². The molecule has 3 rings (SSSR count). The van der Waals surface area contributed by atoms with Gasteiger partial charge in [-0.25, -0.2) is 4.98 Å². The van der Waals surface area contributed by atoms with E-state index in [1.165, 1.54) is 4.57 Å². The third kappa shape index (κ3) is 2.21. The molecule has 7 heteroatoms. The van der Waals surface area contributed by atoms with Gasteiger partial charge in [0, 0.05) is 6.42 Å². The quantitative estimate of drug-likeness (QED) is 0.806. The van der Waals surface area contributed by atoms with Crippen LogP contribution in [-0.2, 0) is 9.59 Å². The van der Waals surface area contributed by atoms with Crippen LogP contribution in [0, 0.1) is 6.92 Å². The number of benzene rings is 1. The van der Waals surface area contributed by atoms with Crippen LogP contribution in [-0.4, -0.2) is 21.4 Å². The average molecular weight is 306 g/mol. The smallest absolute Gasteiger partial charge is 0.263 e. The van der Waals surface area contributed by atoms with Crippen LogP contribution in [0.5, 0.6) is 0 Å². The van der Waals surface area contributed by atoms with Crippen molar-refractivity contribution in [3.8, 4) is 0 Å². The molecule has 2 heterocycles. The molecular formula is C14H12ClN3O3. The summed E-state index contributed by atoms with van der Waals surface area (Å²) in [5.74, 6) is -0.386. The number of piperidine rings is 1. The number of aryl methyl sites for hydroxylation is 1. The van der Waals surface area contributed by atoms with Gasteiger partial charge in [0.25, 0.3) is 5.56 Å². The molecule has 0 unspecified atom stereocenters. The van der Waals surface area contributed by atoms with Crippen molar-refractivity contribution in [3.05, 3.63) is 39.4 Å². The molecule has 1 saturated heterocycles. The maximum Gasteiger partial charge on any atom is 0.263 e. The van der Waals surface area contributed by atoms with Gasteiger partial charge in [-0.05, 0) is 25.5 Å². The number of fused-ring (bicyclic) bond motifs is 1. The highest BCUT2D eigenvalue weighted by molar-refractivity contribution is 6.35. The van der Waals surface area contributed by atoms with Gasteiger partial charge in [0.1, 0.15) is 11.9 Å². The van der Waals surface area contributed by atoms with Crippen LogP contribution in [0.2, 0.25) is 5.02 Å². The highest BCUT2D eigenvalue weighted by Crippen LogP contribution is 2.22. The highest BCUT2D eigenvalue weighted by Gasteiger charge is 2.30. The summed E-state index contributed by atoms with van der Waals surface area (Å²) in [6.45, 7) is 1.66. The second kappa shape index (κ2) is 4.96. The monoisotopic (exact) mass is 305 g/mol. The Hall–Kier alpha value is -2.21. The summed E-state index contributed by atoms with van der Waals surface area (Å²) in [7, 11) is 0. The summed E-state index contributed by atoms with van der Waals surface area (Å²) in [5.41, 5.74) is 0.131. The zero-order chi connectivity index (χ0) is 15.1. The van der Waals surface area contributed by atoms with Crippen LogP contribution in [0.3, 0.4) is 0 Å². The summed E-state index contributed by atoms with van der Waals surface area (Å²) < 4.78 is 1.32. The van der Waals surface area contributed by atoms with Crippen LogP contribution in [0.4, 0.5) is 0 Å². The van der Waals surface area contributed by atoms with E-state index in [1.54, 1.807) is 25.1 Å². The first-order valence-electron chi connectivity index (χ1n) is 6.50. The summed E-state index contributed by atoms with van der Waals surface area (Å²) in [6.07, 6.45) is 0.478. The number of amides is 2. The van der Waals surface area contributed by atoms with E-state index < -0.39 is 11.9 Å². The Bertz CT molecular complexity index is 828. The van der Waals surface area contributed by atoms with Gasteiger partial charge in [-0.2, -0.15) is 0 Å². The van der Waals surface area contributed by atoms with Gasteiger partial charge in [-0.15, -0.1) is 0 Å². The van der Waals surface area contributed by atoms with E-state index in [2.05, 4.69) is 10.3 Å². The predicted octanol–water partition coefficient (Wildman–Crippen LogP) is 1.34. The number of carbonyl (C=O) groups excluding carboxylic acids is 2. The lowest BCUT2D eigenvalue weighted by molar-refractivity contribution is -0.135. The van der Waals surface area contributed by atoms with Crippen LogP contribution in [0.1, 0.15) is 24.7 Å². The molecule has 0 bridgehead atoms. The van der Waals surface area contributed by atoms with Crippen molar-refractivity contribution in [2.45, 2.75) is 25.8 Å². The van der Waals surface area contributed by atoms with Crippen molar-refractivity contribution >= 4 is 34.3 Å². The number of hydrogen-bond donors (Lipinski definition) is 1. The zero-order valence-electron chi connectivity index (χ0n) is 11.2. The number of rotatable bonds is 1. The molecule has 2 aromatic rings. The molecule has 1 fully saturated rings. The third-order valence-corrected chi connectivity index (χ3v) is 3.89. The number of imide groups is 1.